The van der Waals surface area contributed by atoms with Crippen molar-refractivity contribution in [2.45, 2.75) is 52.2 Å². The molecule has 0 saturated carbocycles. The molecule has 2 rings (SSSR count). The topological polar surface area (TPSA) is 44.4 Å². The van der Waals surface area contributed by atoms with Crippen molar-refractivity contribution in [1.82, 2.24) is 15.5 Å². The Balaban J connectivity index is 0.00000264. The maximum absolute atomic E-state index is 12.2. The second kappa shape index (κ2) is 12.5. The minimum absolute atomic E-state index is 0. The van der Waals surface area contributed by atoms with Gasteiger partial charge >= 0.3 is 0 Å². The molecule has 1 heterocycles. The summed E-state index contributed by atoms with van der Waals surface area (Å²) < 4.78 is 0. The van der Waals surface area contributed by atoms with E-state index in [9.17, 15) is 4.79 Å². The quantitative estimate of drug-likeness (QED) is 0.769. The number of nitrogens with zero attached hydrogens (tertiary/aromatic N) is 1. The van der Waals surface area contributed by atoms with Gasteiger partial charge in [0.15, 0.2) is 0 Å². The molecule has 1 aliphatic rings. The van der Waals surface area contributed by atoms with E-state index in [0.717, 1.165) is 39.0 Å². The molecule has 2 N–H and O–H groups in total. The molecule has 0 bridgehead atoms. The molecule has 24 heavy (non-hydrogen) atoms. The number of nitrogens with one attached hydrogen (secondary N) is 2. The predicted molar refractivity (Wildman–Crippen MR) is 105 cm³/mol. The summed E-state index contributed by atoms with van der Waals surface area (Å²) in [6.45, 7) is 8.98. The fraction of sp³-hybridized carbons (Fsp3) is 0.611. The molecule has 1 atom stereocenters. The molecule has 1 aliphatic heterocycles. The van der Waals surface area contributed by atoms with Crippen molar-refractivity contribution in [3.8, 4) is 0 Å². The van der Waals surface area contributed by atoms with Gasteiger partial charge in [-0.2, -0.15) is 0 Å². The Hall–Kier alpha value is -0.810. The number of hydrogen-bond acceptors (Lipinski definition) is 3. The number of halogens is 2. The molecule has 0 aliphatic carbocycles. The summed E-state index contributed by atoms with van der Waals surface area (Å²) in [4.78, 5) is 14.6. The minimum atomic E-state index is -0.0105. The van der Waals surface area contributed by atoms with E-state index >= 15 is 0 Å². The van der Waals surface area contributed by atoms with Crippen molar-refractivity contribution < 1.29 is 4.79 Å². The largest absolute Gasteiger partial charge is 0.351 e. The van der Waals surface area contributed by atoms with Crippen molar-refractivity contribution in [3.05, 3.63) is 35.4 Å². The smallest absolute Gasteiger partial charge is 0.237 e. The van der Waals surface area contributed by atoms with Crippen LogP contribution < -0.4 is 10.6 Å². The first-order valence-electron chi connectivity index (χ1n) is 8.54. The molecule has 4 nitrogen and oxygen atoms in total. The van der Waals surface area contributed by atoms with Crippen LogP contribution in [-0.4, -0.2) is 36.5 Å². The molecule has 1 aromatic carbocycles. The summed E-state index contributed by atoms with van der Waals surface area (Å²) in [5.41, 5.74) is 2.53. The first-order valence-corrected chi connectivity index (χ1v) is 8.54. The Morgan fingerprint density at radius 3 is 2.42 bits per heavy atom. The normalized spacial score (nSPS) is 16.9. The van der Waals surface area contributed by atoms with Gasteiger partial charge in [0, 0.05) is 13.1 Å². The fourth-order valence-electron chi connectivity index (χ4n) is 2.95. The van der Waals surface area contributed by atoms with Gasteiger partial charge in [0.25, 0.3) is 0 Å². The third-order valence-electron chi connectivity index (χ3n) is 4.49. The Labute approximate surface area is 158 Å². The molecule has 6 heteroatoms. The molecule has 0 spiro atoms. The van der Waals surface area contributed by atoms with Crippen molar-refractivity contribution in [2.24, 2.45) is 0 Å². The number of carbonyl (C=O) groups is 1. The SMILES string of the molecule is CCN(CC)Cc1ccccc1CNC(=O)[C@H]1CCCCN1.Cl.Cl. The molecule has 0 unspecified atom stereocenters. The number of carbonyl (C=O) groups excluding carboxylic acids is 1. The summed E-state index contributed by atoms with van der Waals surface area (Å²) in [6, 6.07) is 8.40. The van der Waals surface area contributed by atoms with E-state index in [1.165, 1.54) is 17.5 Å². The highest BCUT2D eigenvalue weighted by Gasteiger charge is 2.20. The first-order chi connectivity index (χ1) is 10.7. The van der Waals surface area contributed by atoms with Crippen molar-refractivity contribution in [2.75, 3.05) is 19.6 Å². The van der Waals surface area contributed by atoms with Gasteiger partial charge in [-0.15, -0.1) is 24.8 Å². The molecular weight excluding hydrogens is 345 g/mol. The zero-order chi connectivity index (χ0) is 15.8. The number of rotatable bonds is 7. The van der Waals surface area contributed by atoms with Crippen LogP contribution in [0.1, 0.15) is 44.2 Å². The second-order valence-corrected chi connectivity index (χ2v) is 5.95. The maximum Gasteiger partial charge on any atom is 0.237 e. The molecule has 0 aromatic heterocycles. The zero-order valence-corrected chi connectivity index (χ0v) is 16.3. The van der Waals surface area contributed by atoms with E-state index in [1.54, 1.807) is 0 Å². The summed E-state index contributed by atoms with van der Waals surface area (Å²) in [5.74, 6) is 0.136. The molecule has 138 valence electrons. The van der Waals surface area contributed by atoms with Crippen LogP contribution >= 0.6 is 24.8 Å². The highest BCUT2D eigenvalue weighted by atomic mass is 35.5. The molecule has 1 amide bonds. The summed E-state index contributed by atoms with van der Waals surface area (Å²) in [5, 5.41) is 6.40. The number of benzene rings is 1. The highest BCUT2D eigenvalue weighted by molar-refractivity contribution is 5.85. The minimum Gasteiger partial charge on any atom is -0.351 e. The van der Waals surface area contributed by atoms with E-state index in [2.05, 4.69) is 47.6 Å². The molecule has 1 fully saturated rings. The summed E-state index contributed by atoms with van der Waals surface area (Å²) in [6.07, 6.45) is 3.27. The van der Waals surface area contributed by atoms with Gasteiger partial charge in [-0.1, -0.05) is 44.5 Å². The maximum atomic E-state index is 12.2. The van der Waals surface area contributed by atoms with Crippen LogP contribution in [0.3, 0.4) is 0 Å². The van der Waals surface area contributed by atoms with Gasteiger partial charge in [-0.05, 0) is 43.6 Å². The van der Waals surface area contributed by atoms with Crippen LogP contribution in [0.15, 0.2) is 24.3 Å². The Kier molecular flexibility index (Phi) is 12.1. The lowest BCUT2D eigenvalue weighted by atomic mass is 10.0. The van der Waals surface area contributed by atoms with E-state index in [-0.39, 0.29) is 36.8 Å². The predicted octanol–water partition coefficient (Wildman–Crippen LogP) is 3.13. The lowest BCUT2D eigenvalue weighted by Crippen LogP contribution is -2.46. The van der Waals surface area contributed by atoms with Gasteiger partial charge in [-0.3, -0.25) is 9.69 Å². The van der Waals surface area contributed by atoms with Crippen molar-refractivity contribution >= 4 is 30.7 Å². The van der Waals surface area contributed by atoms with Gasteiger partial charge in [-0.25, -0.2) is 0 Å². The third-order valence-corrected chi connectivity index (χ3v) is 4.49. The molecule has 0 radical (unpaired) electrons. The average Bonchev–Trinajstić information content (AvgIpc) is 2.59. The van der Waals surface area contributed by atoms with Crippen LogP contribution in [-0.2, 0) is 17.9 Å². The molecule has 1 aromatic rings. The Bertz CT molecular complexity index is 475. The monoisotopic (exact) mass is 375 g/mol. The van der Waals surface area contributed by atoms with Gasteiger partial charge < -0.3 is 10.6 Å². The summed E-state index contributed by atoms with van der Waals surface area (Å²) in [7, 11) is 0. The third kappa shape index (κ3) is 6.98. The zero-order valence-electron chi connectivity index (χ0n) is 14.7. The summed E-state index contributed by atoms with van der Waals surface area (Å²) >= 11 is 0. The molecule has 1 saturated heterocycles. The Morgan fingerprint density at radius 1 is 1.17 bits per heavy atom. The van der Waals surface area contributed by atoms with E-state index in [0.29, 0.717) is 6.54 Å². The Morgan fingerprint density at radius 2 is 1.83 bits per heavy atom. The number of amides is 1. The van der Waals surface area contributed by atoms with E-state index in [1.807, 2.05) is 6.07 Å². The highest BCUT2D eigenvalue weighted by Crippen LogP contribution is 2.12. The lowest BCUT2D eigenvalue weighted by Gasteiger charge is -2.23. The van der Waals surface area contributed by atoms with Crippen LogP contribution in [0.4, 0.5) is 0 Å². The number of piperidine rings is 1. The molecular formula is C18H31Cl2N3O. The average molecular weight is 376 g/mol. The number of hydrogen-bond donors (Lipinski definition) is 2. The van der Waals surface area contributed by atoms with E-state index < -0.39 is 0 Å². The van der Waals surface area contributed by atoms with Gasteiger partial charge in [0.05, 0.1) is 6.04 Å². The van der Waals surface area contributed by atoms with E-state index in [4.69, 9.17) is 0 Å². The standard InChI is InChI=1S/C18H29N3O.2ClH/c1-3-21(4-2)14-16-10-6-5-9-15(16)13-20-18(22)17-11-7-8-12-19-17;;/h5-6,9-10,17,19H,3-4,7-8,11-14H2,1-2H3,(H,20,22);2*1H/t17-;;/m1../s1. The van der Waals surface area contributed by atoms with Gasteiger partial charge in [0.1, 0.15) is 0 Å². The second-order valence-electron chi connectivity index (χ2n) is 5.95. The van der Waals surface area contributed by atoms with Crippen LogP contribution in [0, 0.1) is 0 Å². The van der Waals surface area contributed by atoms with Crippen molar-refractivity contribution in [3.63, 3.8) is 0 Å². The van der Waals surface area contributed by atoms with Crippen molar-refractivity contribution in [1.29, 1.82) is 0 Å². The lowest BCUT2D eigenvalue weighted by molar-refractivity contribution is -0.123. The van der Waals surface area contributed by atoms with Crippen LogP contribution in [0.2, 0.25) is 0 Å². The first kappa shape index (κ1) is 23.2. The fourth-order valence-corrected chi connectivity index (χ4v) is 2.95. The van der Waals surface area contributed by atoms with Crippen LogP contribution in [0.5, 0.6) is 0 Å². The van der Waals surface area contributed by atoms with Crippen LogP contribution in [0.25, 0.3) is 0 Å². The van der Waals surface area contributed by atoms with Gasteiger partial charge in [0.2, 0.25) is 5.91 Å².